The van der Waals surface area contributed by atoms with Gasteiger partial charge in [0.1, 0.15) is 5.75 Å². The summed E-state index contributed by atoms with van der Waals surface area (Å²) in [4.78, 5) is 12.0. The minimum atomic E-state index is -0.316. The molecule has 1 aromatic rings. The zero-order valence-electron chi connectivity index (χ0n) is 12.9. The predicted molar refractivity (Wildman–Crippen MR) is 81.7 cm³/mol. The van der Waals surface area contributed by atoms with Crippen molar-refractivity contribution in [3.63, 3.8) is 0 Å². The summed E-state index contributed by atoms with van der Waals surface area (Å²) in [6.07, 6.45) is 1.93. The fourth-order valence-electron chi connectivity index (χ4n) is 2.06. The fraction of sp³-hybridized carbons (Fsp3) is 0.562. The summed E-state index contributed by atoms with van der Waals surface area (Å²) in [6.45, 7) is 5.90. The first-order valence-electron chi connectivity index (χ1n) is 7.08. The van der Waals surface area contributed by atoms with Crippen LogP contribution in [0.4, 0.5) is 0 Å². The van der Waals surface area contributed by atoms with Crippen molar-refractivity contribution < 1.29 is 9.53 Å². The van der Waals surface area contributed by atoms with Crippen LogP contribution in [0.5, 0.6) is 5.75 Å². The lowest BCUT2D eigenvalue weighted by Crippen LogP contribution is -2.35. The molecule has 1 amide bonds. The van der Waals surface area contributed by atoms with Crippen LogP contribution < -0.4 is 15.8 Å². The van der Waals surface area contributed by atoms with Crippen LogP contribution in [0.25, 0.3) is 0 Å². The van der Waals surface area contributed by atoms with Gasteiger partial charge in [0.25, 0.3) is 0 Å². The first-order valence-corrected chi connectivity index (χ1v) is 7.08. The number of rotatable bonds is 7. The van der Waals surface area contributed by atoms with E-state index in [0.29, 0.717) is 12.8 Å². The van der Waals surface area contributed by atoms with E-state index in [0.717, 1.165) is 17.7 Å². The number of ether oxygens (including phenoxy) is 1. The van der Waals surface area contributed by atoms with Crippen LogP contribution in [0, 0.1) is 0 Å². The molecule has 112 valence electrons. The number of hydrogen-bond donors (Lipinski definition) is 2. The van der Waals surface area contributed by atoms with Gasteiger partial charge in [-0.2, -0.15) is 0 Å². The van der Waals surface area contributed by atoms with Crippen molar-refractivity contribution >= 4 is 5.91 Å². The summed E-state index contributed by atoms with van der Waals surface area (Å²) in [5, 5.41) is 3.06. The summed E-state index contributed by atoms with van der Waals surface area (Å²) < 4.78 is 5.35. The summed E-state index contributed by atoms with van der Waals surface area (Å²) in [5.41, 5.74) is 6.60. The molecule has 0 fully saturated rings. The van der Waals surface area contributed by atoms with Gasteiger partial charge in [0.2, 0.25) is 5.91 Å². The average molecular weight is 278 g/mol. The van der Waals surface area contributed by atoms with Gasteiger partial charge in [-0.3, -0.25) is 4.79 Å². The van der Waals surface area contributed by atoms with Crippen LogP contribution in [-0.4, -0.2) is 18.6 Å². The third-order valence-electron chi connectivity index (χ3n) is 3.25. The molecule has 0 saturated carbocycles. The Hall–Kier alpha value is -1.55. The van der Waals surface area contributed by atoms with E-state index in [9.17, 15) is 4.79 Å². The van der Waals surface area contributed by atoms with E-state index < -0.39 is 0 Å². The molecule has 0 spiro atoms. The molecule has 0 heterocycles. The van der Waals surface area contributed by atoms with Gasteiger partial charge in [-0.05, 0) is 32.8 Å². The SMILES string of the molecule is CCC(NC(=O)CCC(C)(C)N)c1ccccc1OC. The van der Waals surface area contributed by atoms with Crippen molar-refractivity contribution in [1.82, 2.24) is 5.32 Å². The Morgan fingerprint density at radius 1 is 1.40 bits per heavy atom. The molecule has 4 heteroatoms. The molecule has 0 aromatic heterocycles. The fourth-order valence-corrected chi connectivity index (χ4v) is 2.06. The van der Waals surface area contributed by atoms with Crippen LogP contribution >= 0.6 is 0 Å². The number of benzene rings is 1. The third-order valence-corrected chi connectivity index (χ3v) is 3.25. The lowest BCUT2D eigenvalue weighted by Gasteiger charge is -2.22. The topological polar surface area (TPSA) is 64.4 Å². The highest BCUT2D eigenvalue weighted by Gasteiger charge is 2.18. The summed E-state index contributed by atoms with van der Waals surface area (Å²) in [5.74, 6) is 0.833. The third kappa shape index (κ3) is 5.21. The van der Waals surface area contributed by atoms with Crippen molar-refractivity contribution in [1.29, 1.82) is 0 Å². The summed E-state index contributed by atoms with van der Waals surface area (Å²) in [6, 6.07) is 7.75. The molecule has 0 bridgehead atoms. The molecule has 20 heavy (non-hydrogen) atoms. The van der Waals surface area contributed by atoms with Gasteiger partial charge < -0.3 is 15.8 Å². The number of nitrogens with two attached hydrogens (primary N) is 1. The van der Waals surface area contributed by atoms with E-state index >= 15 is 0 Å². The molecule has 1 aromatic carbocycles. The van der Waals surface area contributed by atoms with Gasteiger partial charge in [-0.15, -0.1) is 0 Å². The van der Waals surface area contributed by atoms with E-state index in [-0.39, 0.29) is 17.5 Å². The number of methoxy groups -OCH3 is 1. The van der Waals surface area contributed by atoms with Crippen LogP contribution in [0.15, 0.2) is 24.3 Å². The average Bonchev–Trinajstić information content (AvgIpc) is 2.41. The molecule has 1 atom stereocenters. The van der Waals surface area contributed by atoms with Crippen molar-refractivity contribution in [2.45, 2.75) is 51.6 Å². The second-order valence-electron chi connectivity index (χ2n) is 5.76. The molecule has 4 nitrogen and oxygen atoms in total. The van der Waals surface area contributed by atoms with Gasteiger partial charge in [0, 0.05) is 17.5 Å². The first kappa shape index (κ1) is 16.5. The molecule has 1 unspecified atom stereocenters. The van der Waals surface area contributed by atoms with Gasteiger partial charge >= 0.3 is 0 Å². The molecule has 3 N–H and O–H groups in total. The maximum absolute atomic E-state index is 12.0. The number of carbonyl (C=O) groups is 1. The molecule has 0 aliphatic carbocycles. The number of carbonyl (C=O) groups excluding carboxylic acids is 1. The van der Waals surface area contributed by atoms with Gasteiger partial charge in [0.05, 0.1) is 13.2 Å². The largest absolute Gasteiger partial charge is 0.496 e. The Morgan fingerprint density at radius 2 is 2.05 bits per heavy atom. The molecule has 0 aliphatic heterocycles. The maximum Gasteiger partial charge on any atom is 0.220 e. The molecule has 0 saturated heterocycles. The van der Waals surface area contributed by atoms with Gasteiger partial charge in [-0.1, -0.05) is 25.1 Å². The highest BCUT2D eigenvalue weighted by molar-refractivity contribution is 5.76. The molecule has 0 aliphatic rings. The molecular weight excluding hydrogens is 252 g/mol. The van der Waals surface area contributed by atoms with E-state index in [4.69, 9.17) is 10.5 Å². The minimum Gasteiger partial charge on any atom is -0.496 e. The maximum atomic E-state index is 12.0. The minimum absolute atomic E-state index is 0.0282. The van der Waals surface area contributed by atoms with Crippen molar-refractivity contribution in [3.8, 4) is 5.75 Å². The molecule has 1 rings (SSSR count). The van der Waals surface area contributed by atoms with Crippen LogP contribution in [0.2, 0.25) is 0 Å². The second kappa shape index (κ2) is 7.29. The Balaban J connectivity index is 2.70. The number of nitrogens with one attached hydrogen (secondary N) is 1. The summed E-state index contributed by atoms with van der Waals surface area (Å²) >= 11 is 0. The Labute approximate surface area is 121 Å². The zero-order chi connectivity index (χ0) is 15.2. The van der Waals surface area contributed by atoms with Crippen LogP contribution in [0.1, 0.15) is 51.6 Å². The number of para-hydroxylation sites is 1. The Morgan fingerprint density at radius 3 is 2.60 bits per heavy atom. The first-order chi connectivity index (χ1) is 9.37. The monoisotopic (exact) mass is 278 g/mol. The zero-order valence-corrected chi connectivity index (χ0v) is 12.9. The van der Waals surface area contributed by atoms with E-state index in [1.165, 1.54) is 0 Å². The number of amides is 1. The molecular formula is C16H26N2O2. The normalized spacial score (nSPS) is 12.8. The van der Waals surface area contributed by atoms with E-state index in [2.05, 4.69) is 5.32 Å². The highest BCUT2D eigenvalue weighted by Crippen LogP contribution is 2.26. The van der Waals surface area contributed by atoms with E-state index in [1.807, 2.05) is 45.0 Å². The molecule has 0 radical (unpaired) electrons. The number of hydrogen-bond acceptors (Lipinski definition) is 3. The predicted octanol–water partition coefficient (Wildman–Crippen LogP) is 2.78. The second-order valence-corrected chi connectivity index (χ2v) is 5.76. The summed E-state index contributed by atoms with van der Waals surface area (Å²) in [7, 11) is 1.64. The Kier molecular flexibility index (Phi) is 6.02. The smallest absolute Gasteiger partial charge is 0.220 e. The van der Waals surface area contributed by atoms with Crippen LogP contribution in [-0.2, 0) is 4.79 Å². The van der Waals surface area contributed by atoms with Crippen molar-refractivity contribution in [2.24, 2.45) is 5.73 Å². The van der Waals surface area contributed by atoms with Crippen LogP contribution in [0.3, 0.4) is 0 Å². The van der Waals surface area contributed by atoms with Gasteiger partial charge in [0.15, 0.2) is 0 Å². The lowest BCUT2D eigenvalue weighted by atomic mass is 9.99. The van der Waals surface area contributed by atoms with E-state index in [1.54, 1.807) is 7.11 Å². The van der Waals surface area contributed by atoms with Crippen molar-refractivity contribution in [3.05, 3.63) is 29.8 Å². The Bertz CT molecular complexity index is 438. The quantitative estimate of drug-likeness (QED) is 0.806. The van der Waals surface area contributed by atoms with Crippen molar-refractivity contribution in [2.75, 3.05) is 7.11 Å². The lowest BCUT2D eigenvalue weighted by molar-refractivity contribution is -0.122. The standard InChI is InChI=1S/C16H26N2O2/c1-5-13(12-8-6-7-9-14(12)20-4)18-15(19)10-11-16(2,3)17/h6-9,13H,5,10-11,17H2,1-4H3,(H,18,19). The van der Waals surface area contributed by atoms with Gasteiger partial charge in [-0.25, -0.2) is 0 Å². The highest BCUT2D eigenvalue weighted by atomic mass is 16.5.